The van der Waals surface area contributed by atoms with Crippen LogP contribution in [-0.2, 0) is 0 Å². The van der Waals surface area contributed by atoms with Crippen molar-refractivity contribution in [2.75, 3.05) is 18.4 Å². The van der Waals surface area contributed by atoms with E-state index < -0.39 is 0 Å². The number of anilines is 1. The highest BCUT2D eigenvalue weighted by Gasteiger charge is 2.03. The van der Waals surface area contributed by atoms with Crippen molar-refractivity contribution < 1.29 is 4.79 Å². The summed E-state index contributed by atoms with van der Waals surface area (Å²) in [5.74, 6) is -0.0870. The Morgan fingerprint density at radius 1 is 1.22 bits per heavy atom. The Kier molecular flexibility index (Phi) is 4.41. The molecule has 94 valence electrons. The maximum atomic E-state index is 11.6. The van der Waals surface area contributed by atoms with Gasteiger partial charge in [0, 0.05) is 29.4 Å². The van der Waals surface area contributed by atoms with Gasteiger partial charge in [-0.15, -0.1) is 0 Å². The second-order valence-electron chi connectivity index (χ2n) is 3.78. The van der Waals surface area contributed by atoms with E-state index in [1.165, 1.54) is 0 Å². The fraction of sp³-hybridized carbons (Fsp3) is 0.154. The van der Waals surface area contributed by atoms with Crippen molar-refractivity contribution >= 4 is 27.5 Å². The summed E-state index contributed by atoms with van der Waals surface area (Å²) in [6, 6.07) is 11.5. The van der Waals surface area contributed by atoms with Crippen molar-refractivity contribution in [2.24, 2.45) is 0 Å². The summed E-state index contributed by atoms with van der Waals surface area (Å²) >= 11 is 3.41. The number of hydrogen-bond acceptors (Lipinski definition) is 2. The number of carbonyl (C=O) groups excluding carboxylic acids is 1. The molecule has 0 aliphatic carbocycles. The van der Waals surface area contributed by atoms with Gasteiger partial charge in [0.05, 0.1) is 0 Å². The summed E-state index contributed by atoms with van der Waals surface area (Å²) in [5.41, 5.74) is 1.61. The lowest BCUT2D eigenvalue weighted by molar-refractivity contribution is 0.0951. The number of H-pyrrole nitrogens is 1. The van der Waals surface area contributed by atoms with Crippen LogP contribution in [0.4, 0.5) is 5.69 Å². The first-order chi connectivity index (χ1) is 8.75. The molecule has 0 bridgehead atoms. The van der Waals surface area contributed by atoms with Gasteiger partial charge < -0.3 is 15.6 Å². The van der Waals surface area contributed by atoms with Crippen molar-refractivity contribution in [3.05, 3.63) is 52.8 Å². The highest BCUT2D eigenvalue weighted by atomic mass is 79.9. The van der Waals surface area contributed by atoms with Crippen molar-refractivity contribution in [3.8, 4) is 0 Å². The lowest BCUT2D eigenvalue weighted by Crippen LogP contribution is -2.28. The van der Waals surface area contributed by atoms with Crippen LogP contribution in [0.25, 0.3) is 0 Å². The molecular formula is C13H14BrN3O. The third-order valence-corrected chi connectivity index (χ3v) is 2.90. The van der Waals surface area contributed by atoms with Gasteiger partial charge in [-0.2, -0.15) is 0 Å². The van der Waals surface area contributed by atoms with Crippen LogP contribution in [0.15, 0.2) is 47.1 Å². The monoisotopic (exact) mass is 307 g/mol. The Morgan fingerprint density at radius 3 is 2.83 bits per heavy atom. The first kappa shape index (κ1) is 12.7. The average Bonchev–Trinajstić information content (AvgIpc) is 2.88. The van der Waals surface area contributed by atoms with Gasteiger partial charge in [-0.05, 0) is 30.3 Å². The molecule has 3 N–H and O–H groups in total. The molecule has 0 saturated heterocycles. The molecule has 4 nitrogen and oxygen atoms in total. The van der Waals surface area contributed by atoms with Gasteiger partial charge in [0.1, 0.15) is 5.69 Å². The molecule has 2 aromatic rings. The smallest absolute Gasteiger partial charge is 0.267 e. The molecule has 0 saturated carbocycles. The lowest BCUT2D eigenvalue weighted by Gasteiger charge is -2.07. The summed E-state index contributed by atoms with van der Waals surface area (Å²) in [6.07, 6.45) is 1.73. The Labute approximate surface area is 114 Å². The number of amides is 1. The number of aromatic amines is 1. The SMILES string of the molecule is O=C(NCCNc1cccc(Br)c1)c1ccc[nH]1. The first-order valence-electron chi connectivity index (χ1n) is 5.67. The number of nitrogens with one attached hydrogen (secondary N) is 3. The van der Waals surface area contributed by atoms with Crippen molar-refractivity contribution in [1.82, 2.24) is 10.3 Å². The summed E-state index contributed by atoms with van der Waals surface area (Å²) in [6.45, 7) is 1.26. The fourth-order valence-corrected chi connectivity index (χ4v) is 1.95. The minimum absolute atomic E-state index is 0.0870. The van der Waals surface area contributed by atoms with Gasteiger partial charge in [0.15, 0.2) is 0 Å². The van der Waals surface area contributed by atoms with Crippen LogP contribution in [-0.4, -0.2) is 24.0 Å². The number of rotatable bonds is 5. The molecule has 0 aliphatic rings. The molecule has 18 heavy (non-hydrogen) atoms. The second-order valence-corrected chi connectivity index (χ2v) is 4.69. The average molecular weight is 308 g/mol. The topological polar surface area (TPSA) is 56.9 Å². The Balaban J connectivity index is 1.72. The van der Waals surface area contributed by atoms with Gasteiger partial charge in [0.25, 0.3) is 5.91 Å². The largest absolute Gasteiger partial charge is 0.383 e. The third kappa shape index (κ3) is 3.63. The predicted octanol–water partition coefficient (Wildman–Crippen LogP) is 2.62. The van der Waals surface area contributed by atoms with Crippen LogP contribution in [0.3, 0.4) is 0 Å². The number of carbonyl (C=O) groups is 1. The van der Waals surface area contributed by atoms with E-state index in [9.17, 15) is 4.79 Å². The Hall–Kier alpha value is -1.75. The molecule has 1 aromatic carbocycles. The van der Waals surface area contributed by atoms with Gasteiger partial charge in [0.2, 0.25) is 0 Å². The van der Waals surface area contributed by atoms with Crippen LogP contribution in [0.1, 0.15) is 10.5 Å². The quantitative estimate of drug-likeness (QED) is 0.744. The van der Waals surface area contributed by atoms with Crippen LogP contribution in [0.5, 0.6) is 0 Å². The highest BCUT2D eigenvalue weighted by molar-refractivity contribution is 9.10. The van der Waals surface area contributed by atoms with E-state index in [4.69, 9.17) is 0 Å². The van der Waals surface area contributed by atoms with Crippen molar-refractivity contribution in [1.29, 1.82) is 0 Å². The van der Waals surface area contributed by atoms with Crippen molar-refractivity contribution in [3.63, 3.8) is 0 Å². The Bertz CT molecular complexity index is 511. The normalized spacial score (nSPS) is 10.1. The van der Waals surface area contributed by atoms with Crippen LogP contribution < -0.4 is 10.6 Å². The van der Waals surface area contributed by atoms with Crippen LogP contribution in [0.2, 0.25) is 0 Å². The summed E-state index contributed by atoms with van der Waals surface area (Å²) in [5, 5.41) is 6.06. The number of halogens is 1. The van der Waals surface area contributed by atoms with E-state index in [2.05, 4.69) is 31.5 Å². The van der Waals surface area contributed by atoms with Gasteiger partial charge in [-0.25, -0.2) is 0 Å². The number of aromatic nitrogens is 1. The van der Waals surface area contributed by atoms with Crippen LogP contribution in [0, 0.1) is 0 Å². The molecule has 1 aromatic heterocycles. The number of hydrogen-bond donors (Lipinski definition) is 3. The van der Waals surface area contributed by atoms with E-state index in [0.717, 1.165) is 10.2 Å². The van der Waals surface area contributed by atoms with Gasteiger partial charge >= 0.3 is 0 Å². The molecule has 5 heteroatoms. The summed E-state index contributed by atoms with van der Waals surface area (Å²) in [4.78, 5) is 14.5. The van der Waals surface area contributed by atoms with E-state index in [-0.39, 0.29) is 5.91 Å². The molecule has 0 atom stereocenters. The molecule has 2 rings (SSSR count). The molecule has 0 aliphatic heterocycles. The molecule has 1 heterocycles. The van der Waals surface area contributed by atoms with Gasteiger partial charge in [-0.3, -0.25) is 4.79 Å². The predicted molar refractivity (Wildman–Crippen MR) is 75.8 cm³/mol. The van der Waals surface area contributed by atoms with Gasteiger partial charge in [-0.1, -0.05) is 22.0 Å². The van der Waals surface area contributed by atoms with Crippen LogP contribution >= 0.6 is 15.9 Å². The summed E-state index contributed by atoms with van der Waals surface area (Å²) in [7, 11) is 0. The molecule has 1 amide bonds. The molecule has 0 fully saturated rings. The number of benzene rings is 1. The maximum Gasteiger partial charge on any atom is 0.267 e. The van der Waals surface area contributed by atoms with E-state index in [0.29, 0.717) is 18.8 Å². The lowest BCUT2D eigenvalue weighted by atomic mass is 10.3. The van der Waals surface area contributed by atoms with E-state index in [1.807, 2.05) is 24.3 Å². The molecular weight excluding hydrogens is 294 g/mol. The third-order valence-electron chi connectivity index (χ3n) is 2.41. The molecule has 0 radical (unpaired) electrons. The molecule has 0 unspecified atom stereocenters. The van der Waals surface area contributed by atoms with E-state index in [1.54, 1.807) is 18.3 Å². The summed E-state index contributed by atoms with van der Waals surface area (Å²) < 4.78 is 1.03. The first-order valence-corrected chi connectivity index (χ1v) is 6.46. The zero-order valence-electron chi connectivity index (χ0n) is 9.74. The molecule has 0 spiro atoms. The van der Waals surface area contributed by atoms with E-state index >= 15 is 0 Å². The zero-order valence-corrected chi connectivity index (χ0v) is 11.3. The minimum atomic E-state index is -0.0870. The fourth-order valence-electron chi connectivity index (χ4n) is 1.55. The highest BCUT2D eigenvalue weighted by Crippen LogP contribution is 2.14. The zero-order chi connectivity index (χ0) is 12.8. The Morgan fingerprint density at radius 2 is 2.11 bits per heavy atom. The minimum Gasteiger partial charge on any atom is -0.383 e. The second kappa shape index (κ2) is 6.26. The maximum absolute atomic E-state index is 11.6. The van der Waals surface area contributed by atoms with Crippen molar-refractivity contribution in [2.45, 2.75) is 0 Å². The standard InChI is InChI=1S/C13H14BrN3O/c14-10-3-1-4-11(9-10)15-7-8-17-13(18)12-5-2-6-16-12/h1-6,9,15-16H,7-8H2,(H,17,18).